The van der Waals surface area contributed by atoms with E-state index in [-0.39, 0.29) is 13.0 Å². The van der Waals surface area contributed by atoms with E-state index >= 15 is 0 Å². The van der Waals surface area contributed by atoms with E-state index < -0.39 is 36.3 Å². The van der Waals surface area contributed by atoms with Crippen molar-refractivity contribution in [2.24, 2.45) is 0 Å². The SMILES string of the molecule is COC(=O)C(CCNC(=O)OC(C)(C)C)OC(=O)CO. The van der Waals surface area contributed by atoms with Gasteiger partial charge in [-0.2, -0.15) is 0 Å². The molecule has 20 heavy (non-hydrogen) atoms. The zero-order valence-corrected chi connectivity index (χ0v) is 12.1. The molecule has 0 saturated heterocycles. The summed E-state index contributed by atoms with van der Waals surface area (Å²) < 4.78 is 14.1. The first-order chi connectivity index (χ1) is 9.19. The molecule has 1 atom stereocenters. The Hall–Kier alpha value is -1.83. The smallest absolute Gasteiger partial charge is 0.407 e. The molecule has 2 N–H and O–H groups in total. The van der Waals surface area contributed by atoms with Crippen LogP contribution in [0.3, 0.4) is 0 Å². The van der Waals surface area contributed by atoms with Crippen molar-refractivity contribution in [1.82, 2.24) is 5.32 Å². The Morgan fingerprint density at radius 3 is 2.30 bits per heavy atom. The van der Waals surface area contributed by atoms with Crippen molar-refractivity contribution < 1.29 is 33.7 Å². The summed E-state index contributed by atoms with van der Waals surface area (Å²) in [6, 6.07) is 0. The van der Waals surface area contributed by atoms with E-state index in [4.69, 9.17) is 9.84 Å². The number of aliphatic hydroxyl groups excluding tert-OH is 1. The van der Waals surface area contributed by atoms with E-state index in [0.29, 0.717) is 0 Å². The van der Waals surface area contributed by atoms with Crippen molar-refractivity contribution >= 4 is 18.0 Å². The van der Waals surface area contributed by atoms with Gasteiger partial charge in [-0.3, -0.25) is 0 Å². The Morgan fingerprint density at radius 1 is 1.25 bits per heavy atom. The van der Waals surface area contributed by atoms with Gasteiger partial charge in [-0.1, -0.05) is 0 Å². The van der Waals surface area contributed by atoms with Gasteiger partial charge in [0.1, 0.15) is 12.2 Å². The van der Waals surface area contributed by atoms with Gasteiger partial charge in [0.05, 0.1) is 7.11 Å². The molecule has 0 bridgehead atoms. The molecule has 0 aliphatic heterocycles. The fourth-order valence-corrected chi connectivity index (χ4v) is 1.17. The molecule has 0 aromatic rings. The molecule has 116 valence electrons. The fraction of sp³-hybridized carbons (Fsp3) is 0.750. The molecule has 1 unspecified atom stereocenters. The number of methoxy groups -OCH3 is 1. The lowest BCUT2D eigenvalue weighted by Gasteiger charge is -2.20. The number of ether oxygens (including phenoxy) is 3. The highest BCUT2D eigenvalue weighted by Crippen LogP contribution is 2.07. The van der Waals surface area contributed by atoms with Crippen molar-refractivity contribution in [2.45, 2.75) is 38.9 Å². The average molecular weight is 291 g/mol. The molecule has 0 aromatic carbocycles. The van der Waals surface area contributed by atoms with Crippen LogP contribution in [0.15, 0.2) is 0 Å². The standard InChI is InChI=1S/C12H21NO7/c1-12(2,3)20-11(17)13-6-5-8(10(16)18-4)19-9(15)7-14/h8,14H,5-7H2,1-4H3,(H,13,17). The first-order valence-corrected chi connectivity index (χ1v) is 6.04. The van der Waals surface area contributed by atoms with Crippen molar-refractivity contribution in [3.63, 3.8) is 0 Å². The van der Waals surface area contributed by atoms with Crippen LogP contribution >= 0.6 is 0 Å². The van der Waals surface area contributed by atoms with Crippen LogP contribution in [-0.2, 0) is 23.8 Å². The summed E-state index contributed by atoms with van der Waals surface area (Å²) in [5, 5.41) is 11.0. The quantitative estimate of drug-likeness (QED) is 0.522. The molecule has 0 aromatic heterocycles. The molecule has 0 aliphatic carbocycles. The van der Waals surface area contributed by atoms with E-state index in [1.165, 1.54) is 0 Å². The number of hydrogen-bond donors (Lipinski definition) is 2. The summed E-state index contributed by atoms with van der Waals surface area (Å²) in [4.78, 5) is 33.6. The Kier molecular flexibility index (Phi) is 7.60. The fourth-order valence-electron chi connectivity index (χ4n) is 1.17. The maximum atomic E-state index is 11.4. The van der Waals surface area contributed by atoms with Gasteiger partial charge in [0.15, 0.2) is 0 Å². The lowest BCUT2D eigenvalue weighted by Crippen LogP contribution is -2.37. The summed E-state index contributed by atoms with van der Waals surface area (Å²) >= 11 is 0. The number of carbonyl (C=O) groups excluding carboxylic acids is 3. The summed E-state index contributed by atoms with van der Waals surface area (Å²) in [5.74, 6) is -1.71. The lowest BCUT2D eigenvalue weighted by atomic mass is 10.2. The molecule has 8 heteroatoms. The summed E-state index contributed by atoms with van der Waals surface area (Å²) in [6.45, 7) is 4.35. The van der Waals surface area contributed by atoms with Crippen LogP contribution in [-0.4, -0.2) is 55.1 Å². The predicted octanol–water partition coefficient (Wildman–Crippen LogP) is -0.0217. The van der Waals surface area contributed by atoms with Crippen molar-refractivity contribution in [2.75, 3.05) is 20.3 Å². The average Bonchev–Trinajstić information content (AvgIpc) is 2.34. The third-order valence-corrected chi connectivity index (χ3v) is 1.94. The van der Waals surface area contributed by atoms with Crippen LogP contribution in [0.5, 0.6) is 0 Å². The highest BCUT2D eigenvalue weighted by atomic mass is 16.6. The minimum absolute atomic E-state index is 0.0116. The maximum Gasteiger partial charge on any atom is 0.407 e. The Bertz CT molecular complexity index is 348. The number of hydrogen-bond acceptors (Lipinski definition) is 7. The summed E-state index contributed by atoms with van der Waals surface area (Å²) in [6.07, 6.45) is -1.82. The van der Waals surface area contributed by atoms with Crippen LogP contribution in [0, 0.1) is 0 Å². The second-order valence-electron chi connectivity index (χ2n) is 4.88. The largest absolute Gasteiger partial charge is 0.466 e. The number of rotatable bonds is 6. The van der Waals surface area contributed by atoms with E-state index in [2.05, 4.69) is 14.8 Å². The van der Waals surface area contributed by atoms with Crippen molar-refractivity contribution in [1.29, 1.82) is 0 Å². The lowest BCUT2D eigenvalue weighted by molar-refractivity contribution is -0.168. The maximum absolute atomic E-state index is 11.4. The molecule has 0 rings (SSSR count). The van der Waals surface area contributed by atoms with Gasteiger partial charge < -0.3 is 24.6 Å². The number of carbonyl (C=O) groups is 3. The van der Waals surface area contributed by atoms with Gasteiger partial charge in [0.2, 0.25) is 6.10 Å². The molecule has 0 saturated carbocycles. The second kappa shape index (κ2) is 8.36. The third kappa shape index (κ3) is 8.30. The first kappa shape index (κ1) is 18.2. The van der Waals surface area contributed by atoms with Crippen LogP contribution in [0.25, 0.3) is 0 Å². The van der Waals surface area contributed by atoms with Crippen LogP contribution in [0.4, 0.5) is 4.79 Å². The first-order valence-electron chi connectivity index (χ1n) is 6.04. The highest BCUT2D eigenvalue weighted by molar-refractivity contribution is 5.79. The topological polar surface area (TPSA) is 111 Å². The molecular weight excluding hydrogens is 270 g/mol. The molecule has 0 spiro atoms. The Labute approximate surface area is 117 Å². The number of aliphatic hydroxyl groups is 1. The van der Waals surface area contributed by atoms with Crippen LogP contribution < -0.4 is 5.32 Å². The Balaban J connectivity index is 4.23. The second-order valence-corrected chi connectivity index (χ2v) is 4.88. The van der Waals surface area contributed by atoms with Gasteiger partial charge in [-0.15, -0.1) is 0 Å². The minimum Gasteiger partial charge on any atom is -0.466 e. The Morgan fingerprint density at radius 2 is 1.85 bits per heavy atom. The number of amides is 1. The van der Waals surface area contributed by atoms with E-state index in [1.807, 2.05) is 0 Å². The van der Waals surface area contributed by atoms with E-state index in [1.54, 1.807) is 20.8 Å². The third-order valence-electron chi connectivity index (χ3n) is 1.94. The van der Waals surface area contributed by atoms with Gasteiger partial charge >= 0.3 is 18.0 Å². The van der Waals surface area contributed by atoms with Gasteiger partial charge in [-0.25, -0.2) is 14.4 Å². The zero-order valence-electron chi connectivity index (χ0n) is 12.1. The number of nitrogens with one attached hydrogen (secondary N) is 1. The number of esters is 2. The minimum atomic E-state index is -1.19. The molecule has 0 heterocycles. The van der Waals surface area contributed by atoms with Crippen LogP contribution in [0.2, 0.25) is 0 Å². The molecule has 0 fully saturated rings. The van der Waals surface area contributed by atoms with Crippen molar-refractivity contribution in [3.05, 3.63) is 0 Å². The molecule has 0 radical (unpaired) electrons. The molecular formula is C12H21NO7. The zero-order chi connectivity index (χ0) is 15.8. The number of alkyl carbamates (subject to hydrolysis) is 1. The van der Waals surface area contributed by atoms with E-state index in [0.717, 1.165) is 7.11 Å². The highest BCUT2D eigenvalue weighted by Gasteiger charge is 2.24. The van der Waals surface area contributed by atoms with Gasteiger partial charge in [-0.05, 0) is 20.8 Å². The molecule has 1 amide bonds. The van der Waals surface area contributed by atoms with E-state index in [9.17, 15) is 14.4 Å². The monoisotopic (exact) mass is 291 g/mol. The van der Waals surface area contributed by atoms with Crippen molar-refractivity contribution in [3.8, 4) is 0 Å². The normalized spacial score (nSPS) is 12.2. The predicted molar refractivity (Wildman–Crippen MR) is 67.8 cm³/mol. The summed E-state index contributed by atoms with van der Waals surface area (Å²) in [5.41, 5.74) is -0.630. The van der Waals surface area contributed by atoms with Crippen LogP contribution in [0.1, 0.15) is 27.2 Å². The molecule has 8 nitrogen and oxygen atoms in total. The van der Waals surface area contributed by atoms with Gasteiger partial charge in [0.25, 0.3) is 0 Å². The van der Waals surface area contributed by atoms with Gasteiger partial charge in [0, 0.05) is 13.0 Å². The summed E-state index contributed by atoms with van der Waals surface area (Å²) in [7, 11) is 1.14. The molecule has 0 aliphatic rings.